The fourth-order valence-corrected chi connectivity index (χ4v) is 2.91. The lowest BCUT2D eigenvalue weighted by atomic mass is 10.0. The Hall–Kier alpha value is -4.65. The molecule has 0 bridgehead atoms. The van der Waals surface area contributed by atoms with Gasteiger partial charge in [0.25, 0.3) is 17.5 Å². The maximum Gasteiger partial charge on any atom is 0.255 e. The number of rotatable bonds is 4. The topological polar surface area (TPSA) is 122 Å². The van der Waals surface area contributed by atoms with Crippen molar-refractivity contribution in [3.8, 4) is 11.7 Å². The number of carbonyl (C=O) groups is 1. The summed E-state index contributed by atoms with van der Waals surface area (Å²) in [6.07, 6.45) is 4.40. The normalized spacial score (nSPS) is 10.9. The first-order valence-electron chi connectivity index (χ1n) is 8.75. The Balaban J connectivity index is 1.87. The van der Waals surface area contributed by atoms with Gasteiger partial charge >= 0.3 is 0 Å². The molecule has 10 nitrogen and oxygen atoms in total. The Kier molecular flexibility index (Phi) is 4.84. The lowest BCUT2D eigenvalue weighted by Gasteiger charge is -2.10. The molecule has 0 radical (unpaired) electrons. The van der Waals surface area contributed by atoms with Gasteiger partial charge in [0.05, 0.1) is 18.3 Å². The van der Waals surface area contributed by atoms with Crippen molar-refractivity contribution in [2.24, 2.45) is 10.2 Å². The van der Waals surface area contributed by atoms with Crippen LogP contribution in [0, 0.1) is 6.57 Å². The maximum absolute atomic E-state index is 12.4. The number of fused-ring (bicyclic) bond motifs is 1. The number of phenolic OH excluding ortho intramolecular Hbond substituents is 1. The van der Waals surface area contributed by atoms with Gasteiger partial charge in [0, 0.05) is 19.4 Å². The van der Waals surface area contributed by atoms with Gasteiger partial charge in [0.2, 0.25) is 0 Å². The molecule has 4 aromatic rings. The molecule has 0 fully saturated rings. The molecule has 146 valence electrons. The fraction of sp³-hybridized carbons (Fsp3) is 0.0500. The number of azo groups is 1. The zero-order valence-electron chi connectivity index (χ0n) is 15.7. The first-order valence-corrected chi connectivity index (χ1v) is 8.75. The zero-order valence-corrected chi connectivity index (χ0v) is 15.7. The summed E-state index contributed by atoms with van der Waals surface area (Å²) in [5.74, 6) is -0.450. The van der Waals surface area contributed by atoms with Gasteiger partial charge < -0.3 is 10.4 Å². The molecule has 0 saturated heterocycles. The second kappa shape index (κ2) is 7.76. The largest absolute Gasteiger partial charge is 0.505 e. The van der Waals surface area contributed by atoms with Gasteiger partial charge in [0.15, 0.2) is 11.6 Å². The number of phenols is 1. The highest BCUT2D eigenvalue weighted by atomic mass is 16.3. The summed E-state index contributed by atoms with van der Waals surface area (Å²) in [5.41, 5.74) is 0.304. The van der Waals surface area contributed by atoms with Crippen molar-refractivity contribution in [1.29, 1.82) is 0 Å². The number of hydrogen-bond acceptors (Lipinski definition) is 7. The molecular formula is C20H14N8O2. The van der Waals surface area contributed by atoms with Gasteiger partial charge in [-0.15, -0.1) is 10.2 Å². The Morgan fingerprint density at radius 1 is 1.20 bits per heavy atom. The van der Waals surface area contributed by atoms with Crippen molar-refractivity contribution in [3.63, 3.8) is 0 Å². The van der Waals surface area contributed by atoms with E-state index in [1.54, 1.807) is 30.3 Å². The van der Waals surface area contributed by atoms with E-state index in [1.165, 1.54) is 30.3 Å². The van der Waals surface area contributed by atoms with Gasteiger partial charge in [-0.05, 0) is 22.9 Å². The van der Waals surface area contributed by atoms with E-state index in [0.717, 1.165) is 0 Å². The minimum Gasteiger partial charge on any atom is -0.505 e. The molecule has 2 aromatic carbocycles. The van der Waals surface area contributed by atoms with Crippen LogP contribution in [-0.4, -0.2) is 37.8 Å². The molecule has 0 saturated carbocycles. The highest BCUT2D eigenvalue weighted by Gasteiger charge is 2.19. The summed E-state index contributed by atoms with van der Waals surface area (Å²) in [5, 5.41) is 26.8. The molecule has 0 atom stereocenters. The maximum atomic E-state index is 12.4. The van der Waals surface area contributed by atoms with Crippen LogP contribution < -0.4 is 5.32 Å². The number of nitrogens with one attached hydrogen (secondary N) is 1. The molecule has 30 heavy (non-hydrogen) atoms. The second-order valence-electron chi connectivity index (χ2n) is 6.05. The number of hydrogen-bond donors (Lipinski definition) is 2. The highest BCUT2D eigenvalue weighted by Crippen LogP contribution is 2.39. The molecule has 2 heterocycles. The number of aromatic hydroxyl groups is 1. The summed E-state index contributed by atoms with van der Waals surface area (Å²) in [6, 6.07) is 10.4. The summed E-state index contributed by atoms with van der Waals surface area (Å²) >= 11 is 0. The van der Waals surface area contributed by atoms with Crippen LogP contribution in [0.4, 0.5) is 17.2 Å². The molecule has 2 N–H and O–H groups in total. The summed E-state index contributed by atoms with van der Waals surface area (Å²) in [7, 11) is 1.48. The van der Waals surface area contributed by atoms with E-state index in [1.807, 2.05) is 6.07 Å². The van der Waals surface area contributed by atoms with Gasteiger partial charge in [-0.1, -0.05) is 24.3 Å². The Morgan fingerprint density at radius 2 is 1.97 bits per heavy atom. The van der Waals surface area contributed by atoms with Gasteiger partial charge in [-0.25, -0.2) is 14.8 Å². The Morgan fingerprint density at radius 3 is 2.70 bits per heavy atom. The number of benzene rings is 2. The lowest BCUT2D eigenvalue weighted by molar-refractivity contribution is 0.0962. The summed E-state index contributed by atoms with van der Waals surface area (Å²) in [6.45, 7) is 7.34. The molecule has 0 aliphatic rings. The number of nitrogens with zero attached hydrogens (tertiary/aromatic N) is 7. The van der Waals surface area contributed by atoms with Gasteiger partial charge in [-0.2, -0.15) is 9.78 Å². The van der Waals surface area contributed by atoms with E-state index in [2.05, 4.69) is 35.5 Å². The third kappa shape index (κ3) is 3.20. The van der Waals surface area contributed by atoms with Crippen molar-refractivity contribution in [2.75, 3.05) is 7.05 Å². The van der Waals surface area contributed by atoms with Crippen LogP contribution in [0.25, 0.3) is 21.6 Å². The zero-order chi connectivity index (χ0) is 21.1. The third-order valence-electron chi connectivity index (χ3n) is 4.30. The van der Waals surface area contributed by atoms with Crippen molar-refractivity contribution < 1.29 is 9.90 Å². The van der Waals surface area contributed by atoms with Crippen LogP contribution in [-0.2, 0) is 0 Å². The lowest BCUT2D eigenvalue weighted by Crippen LogP contribution is -2.18. The molecule has 2 aromatic heterocycles. The summed E-state index contributed by atoms with van der Waals surface area (Å²) in [4.78, 5) is 24.0. The molecule has 10 heteroatoms. The first kappa shape index (κ1) is 18.7. The quantitative estimate of drug-likeness (QED) is 0.399. The number of carbonyl (C=O) groups excluding carboxylic acids is 1. The van der Waals surface area contributed by atoms with Crippen LogP contribution in [0.1, 0.15) is 10.4 Å². The Labute approximate surface area is 170 Å². The average molecular weight is 398 g/mol. The monoisotopic (exact) mass is 398 g/mol. The van der Waals surface area contributed by atoms with E-state index in [-0.39, 0.29) is 34.5 Å². The fourth-order valence-electron chi connectivity index (χ4n) is 2.91. The van der Waals surface area contributed by atoms with Crippen LogP contribution in [0.3, 0.4) is 0 Å². The smallest absolute Gasteiger partial charge is 0.255 e. The molecule has 1 amide bonds. The molecule has 4 rings (SSSR count). The molecular weight excluding hydrogens is 384 g/mol. The summed E-state index contributed by atoms with van der Waals surface area (Å²) < 4.78 is 1.27. The molecule has 0 aliphatic carbocycles. The number of aromatic nitrogens is 4. The predicted molar refractivity (Wildman–Crippen MR) is 109 cm³/mol. The predicted octanol–water partition coefficient (Wildman–Crippen LogP) is 3.85. The third-order valence-corrected chi connectivity index (χ3v) is 4.30. The van der Waals surface area contributed by atoms with Crippen molar-refractivity contribution >= 4 is 33.9 Å². The number of amides is 1. The highest BCUT2D eigenvalue weighted by molar-refractivity contribution is 6.11. The van der Waals surface area contributed by atoms with Crippen LogP contribution in [0.15, 0.2) is 65.2 Å². The van der Waals surface area contributed by atoms with E-state index in [0.29, 0.717) is 10.8 Å². The van der Waals surface area contributed by atoms with Crippen molar-refractivity contribution in [3.05, 3.63) is 72.0 Å². The molecule has 0 aliphatic heterocycles. The SMILES string of the molecule is [C-]#[N+]c1cnn(-c2ncccn2)c1/N=N/c1cc2ccccc2c(C(=O)NC)c1O. The van der Waals surface area contributed by atoms with E-state index >= 15 is 0 Å². The van der Waals surface area contributed by atoms with Crippen molar-refractivity contribution in [2.45, 2.75) is 0 Å². The van der Waals surface area contributed by atoms with E-state index in [4.69, 9.17) is 6.57 Å². The van der Waals surface area contributed by atoms with Crippen molar-refractivity contribution in [1.82, 2.24) is 25.1 Å². The van der Waals surface area contributed by atoms with E-state index < -0.39 is 5.91 Å². The van der Waals surface area contributed by atoms with Gasteiger partial charge in [0.1, 0.15) is 5.69 Å². The van der Waals surface area contributed by atoms with E-state index in [9.17, 15) is 9.90 Å². The van der Waals surface area contributed by atoms with Crippen LogP contribution >= 0.6 is 0 Å². The minimum absolute atomic E-state index is 0.0740. The first-order chi connectivity index (χ1) is 14.6. The molecule has 0 spiro atoms. The Bertz CT molecular complexity index is 1320. The standard InChI is InChI=1S/C20H14N8O2/c1-21-15-11-25-28(20-23-8-5-9-24-20)18(15)27-26-14-10-12-6-3-4-7-13(12)16(17(14)29)19(30)22-2/h3-11,29H,2H3,(H,22,30)/b27-26+. The average Bonchev–Trinajstić information content (AvgIpc) is 3.20. The minimum atomic E-state index is -0.453. The molecule has 0 unspecified atom stereocenters. The second-order valence-corrected chi connectivity index (χ2v) is 6.05. The van der Waals surface area contributed by atoms with Gasteiger partial charge in [-0.3, -0.25) is 4.79 Å². The van der Waals surface area contributed by atoms with Crippen LogP contribution in [0.2, 0.25) is 0 Å². The van der Waals surface area contributed by atoms with Crippen LogP contribution in [0.5, 0.6) is 5.75 Å².